The number of rotatable bonds is 18. The third-order valence-electron chi connectivity index (χ3n) is 5.41. The lowest BCUT2D eigenvalue weighted by atomic mass is 10.0. The summed E-state index contributed by atoms with van der Waals surface area (Å²) in [6.45, 7) is 2.71. The number of carbonyl (C=O) groups excluding carboxylic acids is 1. The van der Waals surface area contributed by atoms with Crippen LogP contribution in [-0.4, -0.2) is 23.7 Å². The smallest absolute Gasteiger partial charge is 0.404 e. The van der Waals surface area contributed by atoms with Crippen LogP contribution in [0.25, 0.3) is 0 Å². The zero-order valence-corrected chi connectivity index (χ0v) is 18.9. The van der Waals surface area contributed by atoms with E-state index < -0.39 is 6.09 Å². The zero-order valence-electron chi connectivity index (χ0n) is 18.9. The Morgan fingerprint density at radius 3 is 1.93 bits per heavy atom. The molecule has 0 radical (unpaired) electrons. The molecule has 1 rings (SSSR count). The van der Waals surface area contributed by atoms with Gasteiger partial charge in [-0.25, -0.2) is 4.79 Å². The van der Waals surface area contributed by atoms with Crippen LogP contribution in [0.2, 0.25) is 0 Å². The molecule has 0 aliphatic carbocycles. The Balaban J connectivity index is 2.04. The summed E-state index contributed by atoms with van der Waals surface area (Å²) in [4.78, 5) is 22.3. The molecule has 30 heavy (non-hydrogen) atoms. The van der Waals surface area contributed by atoms with E-state index in [0.29, 0.717) is 13.0 Å². The summed E-state index contributed by atoms with van der Waals surface area (Å²) in [6.07, 6.45) is 16.5. The molecule has 0 heterocycles. The first-order chi connectivity index (χ1) is 14.6. The summed E-state index contributed by atoms with van der Waals surface area (Å²) in [5, 5.41) is 13.8. The van der Waals surface area contributed by atoms with Crippen molar-refractivity contribution in [3.63, 3.8) is 0 Å². The van der Waals surface area contributed by atoms with E-state index >= 15 is 0 Å². The number of nitrogens with one attached hydrogen (secondary N) is 2. The van der Waals surface area contributed by atoms with Crippen molar-refractivity contribution in [2.75, 3.05) is 11.9 Å². The summed E-state index contributed by atoms with van der Waals surface area (Å²) < 4.78 is 0. The summed E-state index contributed by atoms with van der Waals surface area (Å²) in [7, 11) is 0. The molecule has 170 valence electrons. The quantitative estimate of drug-likeness (QED) is 0.226. The highest BCUT2D eigenvalue weighted by Crippen LogP contribution is 2.15. The average Bonchev–Trinajstić information content (AvgIpc) is 2.73. The number of aryl methyl sites for hydroxylation is 1. The van der Waals surface area contributed by atoms with Gasteiger partial charge in [-0.05, 0) is 43.4 Å². The SMILES string of the molecule is CCCCCCCCCCCCc1ccc(NC(=O)CCCCCNC(=O)O)cc1. The van der Waals surface area contributed by atoms with Crippen LogP contribution in [-0.2, 0) is 11.2 Å². The number of benzene rings is 1. The number of carboxylic acid groups (broad SMARTS) is 1. The molecule has 0 aromatic heterocycles. The van der Waals surface area contributed by atoms with E-state index in [1.54, 1.807) is 0 Å². The van der Waals surface area contributed by atoms with Crippen LogP contribution in [0.4, 0.5) is 10.5 Å². The second kappa shape index (κ2) is 17.8. The number of amides is 2. The van der Waals surface area contributed by atoms with Gasteiger partial charge in [-0.2, -0.15) is 0 Å². The first kappa shape index (κ1) is 26.0. The van der Waals surface area contributed by atoms with Crippen molar-refractivity contribution in [3.05, 3.63) is 29.8 Å². The van der Waals surface area contributed by atoms with Gasteiger partial charge in [0.25, 0.3) is 0 Å². The molecule has 3 N–H and O–H groups in total. The maximum atomic E-state index is 12.0. The molecule has 0 spiro atoms. The monoisotopic (exact) mass is 418 g/mol. The topological polar surface area (TPSA) is 78.4 Å². The van der Waals surface area contributed by atoms with Crippen molar-refractivity contribution in [2.45, 2.75) is 103 Å². The summed E-state index contributed by atoms with van der Waals surface area (Å²) in [6, 6.07) is 8.20. The fourth-order valence-corrected chi connectivity index (χ4v) is 3.58. The summed E-state index contributed by atoms with van der Waals surface area (Å²) in [5.41, 5.74) is 2.18. The fourth-order valence-electron chi connectivity index (χ4n) is 3.58. The van der Waals surface area contributed by atoms with Crippen LogP contribution in [0.15, 0.2) is 24.3 Å². The van der Waals surface area contributed by atoms with Gasteiger partial charge in [0.1, 0.15) is 0 Å². The highest BCUT2D eigenvalue weighted by Gasteiger charge is 2.03. The van der Waals surface area contributed by atoms with Crippen LogP contribution in [0.1, 0.15) is 102 Å². The lowest BCUT2D eigenvalue weighted by molar-refractivity contribution is -0.116. The third-order valence-corrected chi connectivity index (χ3v) is 5.41. The van der Waals surface area contributed by atoms with E-state index in [2.05, 4.69) is 29.7 Å². The molecule has 0 atom stereocenters. The summed E-state index contributed by atoms with van der Waals surface area (Å²) in [5.74, 6) is 0.0173. The van der Waals surface area contributed by atoms with Crippen LogP contribution in [0.5, 0.6) is 0 Å². The molecule has 1 aromatic carbocycles. The number of anilines is 1. The first-order valence-electron chi connectivity index (χ1n) is 12.0. The molecule has 5 heteroatoms. The largest absolute Gasteiger partial charge is 0.465 e. The summed E-state index contributed by atoms with van der Waals surface area (Å²) >= 11 is 0. The van der Waals surface area contributed by atoms with Crippen molar-refractivity contribution in [2.24, 2.45) is 0 Å². The maximum absolute atomic E-state index is 12.0. The van der Waals surface area contributed by atoms with Crippen molar-refractivity contribution in [1.29, 1.82) is 0 Å². The molecule has 0 aliphatic heterocycles. The Labute approximate surface area is 183 Å². The van der Waals surface area contributed by atoms with E-state index in [1.165, 1.54) is 69.8 Å². The lowest BCUT2D eigenvalue weighted by Gasteiger charge is -2.07. The Morgan fingerprint density at radius 1 is 0.767 bits per heavy atom. The van der Waals surface area contributed by atoms with Gasteiger partial charge in [0.2, 0.25) is 5.91 Å². The van der Waals surface area contributed by atoms with Gasteiger partial charge in [0.05, 0.1) is 0 Å². The van der Waals surface area contributed by atoms with Crippen LogP contribution in [0, 0.1) is 0 Å². The molecule has 0 unspecified atom stereocenters. The number of hydrogen-bond donors (Lipinski definition) is 3. The van der Waals surface area contributed by atoms with Gasteiger partial charge in [0.15, 0.2) is 0 Å². The van der Waals surface area contributed by atoms with E-state index in [4.69, 9.17) is 5.11 Å². The predicted molar refractivity (Wildman–Crippen MR) is 125 cm³/mol. The van der Waals surface area contributed by atoms with Gasteiger partial charge in [-0.15, -0.1) is 0 Å². The minimum Gasteiger partial charge on any atom is -0.465 e. The molecular weight excluding hydrogens is 376 g/mol. The fraction of sp³-hybridized carbons (Fsp3) is 0.680. The van der Waals surface area contributed by atoms with E-state index in [9.17, 15) is 9.59 Å². The van der Waals surface area contributed by atoms with Crippen molar-refractivity contribution in [1.82, 2.24) is 5.32 Å². The highest BCUT2D eigenvalue weighted by molar-refractivity contribution is 5.90. The molecule has 1 aromatic rings. The minimum absolute atomic E-state index is 0.0173. The second-order valence-electron chi connectivity index (χ2n) is 8.22. The molecule has 0 saturated carbocycles. The molecule has 2 amide bonds. The number of carbonyl (C=O) groups is 2. The highest BCUT2D eigenvalue weighted by atomic mass is 16.4. The second-order valence-corrected chi connectivity index (χ2v) is 8.22. The minimum atomic E-state index is -0.996. The van der Waals surface area contributed by atoms with Crippen LogP contribution < -0.4 is 10.6 Å². The lowest BCUT2D eigenvalue weighted by Crippen LogP contribution is -2.21. The van der Waals surface area contributed by atoms with Crippen molar-refractivity contribution in [3.8, 4) is 0 Å². The van der Waals surface area contributed by atoms with Crippen LogP contribution in [0.3, 0.4) is 0 Å². The molecule has 0 aliphatic rings. The maximum Gasteiger partial charge on any atom is 0.404 e. The molecule has 0 fully saturated rings. The third kappa shape index (κ3) is 14.9. The van der Waals surface area contributed by atoms with E-state index in [1.807, 2.05) is 12.1 Å². The Bertz CT molecular complexity index is 572. The molecular formula is C25H42N2O3. The molecule has 0 saturated heterocycles. The van der Waals surface area contributed by atoms with E-state index in [-0.39, 0.29) is 5.91 Å². The van der Waals surface area contributed by atoms with Crippen LogP contribution >= 0.6 is 0 Å². The number of hydrogen-bond acceptors (Lipinski definition) is 2. The van der Waals surface area contributed by atoms with Gasteiger partial charge >= 0.3 is 6.09 Å². The average molecular weight is 419 g/mol. The molecule has 0 bridgehead atoms. The Morgan fingerprint density at radius 2 is 1.33 bits per heavy atom. The normalized spacial score (nSPS) is 10.7. The number of unbranched alkanes of at least 4 members (excludes halogenated alkanes) is 11. The molecule has 5 nitrogen and oxygen atoms in total. The van der Waals surface area contributed by atoms with Gasteiger partial charge in [-0.1, -0.05) is 83.3 Å². The predicted octanol–water partition coefficient (Wildman–Crippen LogP) is 6.92. The standard InChI is InChI=1S/C25H42N2O3/c1-2-3-4-5-6-7-8-9-10-12-15-22-17-19-23(20-18-22)27-24(28)16-13-11-14-21-26-25(29)30/h17-20,26H,2-16,21H2,1H3,(H,27,28)(H,29,30). The first-order valence-corrected chi connectivity index (χ1v) is 12.0. The van der Waals surface area contributed by atoms with Gasteiger partial charge < -0.3 is 15.7 Å². The van der Waals surface area contributed by atoms with Gasteiger partial charge in [-0.3, -0.25) is 4.79 Å². The Kier molecular flexibility index (Phi) is 15.4. The van der Waals surface area contributed by atoms with Crippen molar-refractivity contribution >= 4 is 17.7 Å². The van der Waals surface area contributed by atoms with E-state index in [0.717, 1.165) is 31.4 Å². The van der Waals surface area contributed by atoms with Gasteiger partial charge in [0, 0.05) is 18.7 Å². The Hall–Kier alpha value is -2.04. The zero-order chi connectivity index (χ0) is 21.9. The van der Waals surface area contributed by atoms with Crippen molar-refractivity contribution < 1.29 is 14.7 Å².